The van der Waals surface area contributed by atoms with Crippen LogP contribution in [0.3, 0.4) is 0 Å². The van der Waals surface area contributed by atoms with E-state index in [1.165, 1.54) is 205 Å². The molecule has 0 fully saturated rings. The largest absolute Gasteiger partial charge is 0.472 e. The van der Waals surface area contributed by atoms with E-state index in [2.05, 4.69) is 48.5 Å². The molecule has 0 aliphatic carbocycles. The quantitative estimate of drug-likeness (QED) is 0.0222. The lowest BCUT2D eigenvalue weighted by atomic mass is 9.99. The van der Waals surface area contributed by atoms with Gasteiger partial charge in [-0.3, -0.25) is 37.3 Å². The maximum absolute atomic E-state index is 13.1. The fourth-order valence-corrected chi connectivity index (χ4v) is 13.3. The predicted molar refractivity (Wildman–Crippen MR) is 391 cm³/mol. The summed E-state index contributed by atoms with van der Waals surface area (Å²) in [6, 6.07) is 0. The van der Waals surface area contributed by atoms with Crippen LogP contribution in [0.2, 0.25) is 0 Å². The van der Waals surface area contributed by atoms with Gasteiger partial charge in [0.1, 0.15) is 19.3 Å². The lowest BCUT2D eigenvalue weighted by Gasteiger charge is -2.21. The van der Waals surface area contributed by atoms with Crippen molar-refractivity contribution in [2.24, 2.45) is 17.8 Å². The molecule has 0 aromatic carbocycles. The van der Waals surface area contributed by atoms with Gasteiger partial charge in [0.05, 0.1) is 26.4 Å². The number of ether oxygens (including phenoxy) is 4. The highest BCUT2D eigenvalue weighted by molar-refractivity contribution is 7.47. The normalized spacial score (nSPS) is 14.3. The zero-order chi connectivity index (χ0) is 70.9. The predicted octanol–water partition coefficient (Wildman–Crippen LogP) is 22.6. The molecule has 0 rings (SSSR count). The van der Waals surface area contributed by atoms with Crippen LogP contribution in [0.25, 0.3) is 0 Å². The number of hydrogen-bond acceptors (Lipinski definition) is 15. The average Bonchev–Trinajstić information content (AvgIpc) is 1.10. The van der Waals surface area contributed by atoms with Crippen molar-refractivity contribution in [2.45, 2.75) is 414 Å². The number of aliphatic hydroxyl groups is 1. The van der Waals surface area contributed by atoms with Crippen LogP contribution in [0.1, 0.15) is 395 Å². The number of phosphoric acid groups is 2. The molecule has 6 atom stereocenters. The minimum absolute atomic E-state index is 0.104. The Bertz CT molecular complexity index is 1870. The van der Waals surface area contributed by atoms with Gasteiger partial charge < -0.3 is 33.8 Å². The van der Waals surface area contributed by atoms with Crippen molar-refractivity contribution in [2.75, 3.05) is 39.6 Å². The first-order valence-corrected chi connectivity index (χ1v) is 42.9. The number of phosphoric ester groups is 2. The summed E-state index contributed by atoms with van der Waals surface area (Å²) in [4.78, 5) is 72.7. The van der Waals surface area contributed by atoms with Gasteiger partial charge in [0, 0.05) is 25.7 Å². The van der Waals surface area contributed by atoms with Crippen LogP contribution in [0, 0.1) is 17.8 Å². The second-order valence-electron chi connectivity index (χ2n) is 28.9. The lowest BCUT2D eigenvalue weighted by Crippen LogP contribution is -2.30. The van der Waals surface area contributed by atoms with Crippen LogP contribution in [0.4, 0.5) is 0 Å². The molecular weight excluding hydrogens is 1260 g/mol. The van der Waals surface area contributed by atoms with Crippen molar-refractivity contribution in [1.29, 1.82) is 0 Å². The molecule has 3 N–H and O–H groups in total. The summed E-state index contributed by atoms with van der Waals surface area (Å²) in [6.45, 7) is 11.9. The Hall–Kier alpha value is -1.94. The molecule has 0 aromatic rings. The molecule has 0 saturated heterocycles. The van der Waals surface area contributed by atoms with E-state index in [9.17, 15) is 43.2 Å². The Morgan fingerprint density at radius 3 is 0.792 bits per heavy atom. The van der Waals surface area contributed by atoms with Crippen LogP contribution in [0.5, 0.6) is 0 Å². The summed E-state index contributed by atoms with van der Waals surface area (Å²) < 4.78 is 68.5. The molecule has 0 saturated carbocycles. The Labute approximate surface area is 588 Å². The molecule has 19 heteroatoms. The van der Waals surface area contributed by atoms with Crippen molar-refractivity contribution in [3.05, 3.63) is 0 Å². The van der Waals surface area contributed by atoms with Crippen LogP contribution < -0.4 is 0 Å². The molecule has 17 nitrogen and oxygen atoms in total. The Morgan fingerprint density at radius 2 is 0.531 bits per heavy atom. The molecule has 0 aliphatic heterocycles. The minimum Gasteiger partial charge on any atom is -0.462 e. The highest BCUT2D eigenvalue weighted by Gasteiger charge is 2.30. The Kier molecular flexibility index (Phi) is 66.2. The van der Waals surface area contributed by atoms with Crippen molar-refractivity contribution < 1.29 is 80.2 Å². The summed E-state index contributed by atoms with van der Waals surface area (Å²) in [6.07, 6.45) is 54.2. The molecule has 96 heavy (non-hydrogen) atoms. The molecule has 3 unspecified atom stereocenters. The van der Waals surface area contributed by atoms with E-state index in [-0.39, 0.29) is 25.7 Å². The van der Waals surface area contributed by atoms with Gasteiger partial charge >= 0.3 is 39.5 Å². The number of esters is 4. The molecule has 0 amide bonds. The van der Waals surface area contributed by atoms with Gasteiger partial charge in [0.2, 0.25) is 0 Å². The number of carbonyl (C=O) groups is 4. The number of aliphatic hydroxyl groups excluding tert-OH is 1. The molecule has 0 radical (unpaired) electrons. The van der Waals surface area contributed by atoms with E-state index in [0.29, 0.717) is 31.6 Å². The summed E-state index contributed by atoms with van der Waals surface area (Å²) >= 11 is 0. The van der Waals surface area contributed by atoms with E-state index >= 15 is 0 Å². The number of carbonyl (C=O) groups excluding carboxylic acids is 4. The van der Waals surface area contributed by atoms with Crippen LogP contribution in [-0.2, 0) is 65.4 Å². The summed E-state index contributed by atoms with van der Waals surface area (Å²) in [5.74, 6) is 0.218. The van der Waals surface area contributed by atoms with E-state index in [1.807, 2.05) is 0 Å². The van der Waals surface area contributed by atoms with Crippen LogP contribution in [-0.4, -0.2) is 96.7 Å². The van der Waals surface area contributed by atoms with Crippen molar-refractivity contribution in [3.8, 4) is 0 Å². The van der Waals surface area contributed by atoms with Crippen LogP contribution >= 0.6 is 15.6 Å². The monoisotopic (exact) mass is 1410 g/mol. The van der Waals surface area contributed by atoms with Crippen molar-refractivity contribution in [3.63, 3.8) is 0 Å². The van der Waals surface area contributed by atoms with E-state index < -0.39 is 97.5 Å². The molecule has 570 valence electrons. The van der Waals surface area contributed by atoms with Gasteiger partial charge in [-0.05, 0) is 43.4 Å². The topological polar surface area (TPSA) is 237 Å². The number of hydrogen-bond donors (Lipinski definition) is 3. The molecule has 0 heterocycles. The third-order valence-corrected chi connectivity index (χ3v) is 20.1. The zero-order valence-corrected chi connectivity index (χ0v) is 64.6. The number of rotatable bonds is 75. The van der Waals surface area contributed by atoms with E-state index in [1.54, 1.807) is 0 Å². The molecule has 0 spiro atoms. The first-order valence-electron chi connectivity index (χ1n) is 39.9. The lowest BCUT2D eigenvalue weighted by molar-refractivity contribution is -0.161. The highest BCUT2D eigenvalue weighted by Crippen LogP contribution is 2.45. The molecule has 0 bridgehead atoms. The van der Waals surface area contributed by atoms with E-state index in [0.717, 1.165) is 102 Å². The first kappa shape index (κ1) is 94.1. The standard InChI is InChI=1S/C77H150O17P2/c1-8-10-11-12-13-14-30-37-44-51-58-74(79)87-65-73(94-77(82)61-54-47-40-33-35-42-49-56-69(5)6)67-92-96(85,86)90-63-71(78)62-89-95(83,84)91-66-72(64-88-75(80)59-52-45-38-31-27-23-24-28-34-41-48-55-68(3)4)93-76(81)60-53-46-39-32-26-22-20-18-16-15-17-19-21-25-29-36-43-50-57-70(7)9-2/h68-73,78H,8-67H2,1-7H3,(H,83,84)(H,85,86)/t70?,71-,72-,73-/m1/s1. The van der Waals surface area contributed by atoms with Crippen molar-refractivity contribution >= 4 is 39.5 Å². The molecule has 0 aromatic heterocycles. The van der Waals surface area contributed by atoms with E-state index in [4.69, 9.17) is 37.0 Å². The fourth-order valence-electron chi connectivity index (χ4n) is 11.7. The van der Waals surface area contributed by atoms with Crippen LogP contribution in [0.15, 0.2) is 0 Å². The zero-order valence-electron chi connectivity index (χ0n) is 62.8. The maximum Gasteiger partial charge on any atom is 0.472 e. The van der Waals surface area contributed by atoms with Gasteiger partial charge in [-0.1, -0.05) is 344 Å². The van der Waals surface area contributed by atoms with Gasteiger partial charge in [0.25, 0.3) is 0 Å². The van der Waals surface area contributed by atoms with Gasteiger partial charge in [0.15, 0.2) is 12.2 Å². The third kappa shape index (κ3) is 69.2. The Morgan fingerprint density at radius 1 is 0.302 bits per heavy atom. The summed E-state index contributed by atoms with van der Waals surface area (Å²) in [5, 5.41) is 10.6. The first-order chi connectivity index (χ1) is 46.3. The highest BCUT2D eigenvalue weighted by atomic mass is 31.2. The van der Waals surface area contributed by atoms with Gasteiger partial charge in [-0.25, -0.2) is 9.13 Å². The smallest absolute Gasteiger partial charge is 0.462 e. The second-order valence-corrected chi connectivity index (χ2v) is 31.8. The number of unbranched alkanes of at least 4 members (excludes halogenated alkanes) is 42. The summed E-state index contributed by atoms with van der Waals surface area (Å²) in [7, 11) is -9.91. The molecule has 0 aliphatic rings. The summed E-state index contributed by atoms with van der Waals surface area (Å²) in [5.41, 5.74) is 0. The average molecular weight is 1410 g/mol. The van der Waals surface area contributed by atoms with Gasteiger partial charge in [-0.15, -0.1) is 0 Å². The molecular formula is C77H150O17P2. The Balaban J connectivity index is 5.18. The second kappa shape index (κ2) is 67.5. The maximum atomic E-state index is 13.1. The van der Waals surface area contributed by atoms with Gasteiger partial charge in [-0.2, -0.15) is 0 Å². The minimum atomic E-state index is -4.96. The fraction of sp³-hybridized carbons (Fsp3) is 0.948. The third-order valence-electron chi connectivity index (χ3n) is 18.2. The van der Waals surface area contributed by atoms with Crippen molar-refractivity contribution in [1.82, 2.24) is 0 Å². The SMILES string of the molecule is CCCCCCCCCCCCC(=O)OC[C@H](COP(=O)(O)OC[C@H](O)COP(=O)(O)OC[C@@H](COC(=O)CCCCCCCCCCCCCC(C)C)OC(=O)CCCCCCCCCCCCCCCCCCCCC(C)CC)OC(=O)CCCCCCCCCC(C)C.